The molecule has 3 saturated heterocycles. The minimum Gasteiger partial charge on any atom is -0.352 e. The summed E-state index contributed by atoms with van der Waals surface area (Å²) in [5.74, 6) is 1.81. The van der Waals surface area contributed by atoms with Crippen molar-refractivity contribution in [3.05, 3.63) is 40.4 Å². The van der Waals surface area contributed by atoms with Gasteiger partial charge in [0.2, 0.25) is 0 Å². The lowest BCUT2D eigenvalue weighted by atomic mass is 9.87. The molecule has 0 saturated carbocycles. The normalized spacial score (nSPS) is 22.1. The zero-order chi connectivity index (χ0) is 16.8. The molecule has 0 amide bonds. The molecule has 24 heavy (non-hydrogen) atoms. The Kier molecular flexibility index (Phi) is 3.54. The average Bonchev–Trinajstić information content (AvgIpc) is 2.59. The minimum atomic E-state index is 0.372. The highest BCUT2D eigenvalue weighted by molar-refractivity contribution is 6.33. The average molecular weight is 341 g/mol. The lowest BCUT2D eigenvalue weighted by Crippen LogP contribution is -2.69. The molecule has 2 aromatic rings. The fourth-order valence-corrected chi connectivity index (χ4v) is 3.92. The molecule has 0 N–H and O–H groups in total. The van der Waals surface area contributed by atoms with Crippen molar-refractivity contribution >= 4 is 23.2 Å². The summed E-state index contributed by atoms with van der Waals surface area (Å²) in [7, 11) is 0. The van der Waals surface area contributed by atoms with Crippen molar-refractivity contribution in [2.45, 2.75) is 32.4 Å². The summed E-state index contributed by atoms with van der Waals surface area (Å²) >= 11 is 6.34. The SMILES string of the molecule is Cc1ncnc(N2CC3CC(C2)N3c2ncc(C#N)cc2Cl)c1C. The smallest absolute Gasteiger partial charge is 0.148 e. The number of piperidine rings is 1. The Balaban J connectivity index is 1.57. The van der Waals surface area contributed by atoms with E-state index in [1.54, 1.807) is 18.6 Å². The molecule has 3 aliphatic rings. The van der Waals surface area contributed by atoms with E-state index in [0.717, 1.165) is 42.4 Å². The maximum atomic E-state index is 8.95. The van der Waals surface area contributed by atoms with E-state index in [1.165, 1.54) is 0 Å². The topological polar surface area (TPSA) is 68.9 Å². The van der Waals surface area contributed by atoms with Crippen molar-refractivity contribution in [3.8, 4) is 6.07 Å². The molecule has 6 nitrogen and oxygen atoms in total. The molecule has 2 aromatic heterocycles. The number of aromatic nitrogens is 3. The van der Waals surface area contributed by atoms with Crippen LogP contribution in [-0.2, 0) is 0 Å². The van der Waals surface area contributed by atoms with Gasteiger partial charge < -0.3 is 9.80 Å². The quantitative estimate of drug-likeness (QED) is 0.836. The second-order valence-corrected chi connectivity index (χ2v) is 6.81. The summed E-state index contributed by atoms with van der Waals surface area (Å²) < 4.78 is 0. The summed E-state index contributed by atoms with van der Waals surface area (Å²) in [6, 6.07) is 4.50. The Morgan fingerprint density at radius 1 is 1.17 bits per heavy atom. The lowest BCUT2D eigenvalue weighted by Gasteiger charge is -2.57. The maximum absolute atomic E-state index is 8.95. The van der Waals surface area contributed by atoms with Crippen LogP contribution in [0.3, 0.4) is 0 Å². The van der Waals surface area contributed by atoms with Gasteiger partial charge in [-0.2, -0.15) is 5.26 Å². The van der Waals surface area contributed by atoms with E-state index >= 15 is 0 Å². The predicted octanol–water partition coefficient (Wildman–Crippen LogP) is 2.48. The van der Waals surface area contributed by atoms with Gasteiger partial charge in [-0.25, -0.2) is 15.0 Å². The van der Waals surface area contributed by atoms with Crippen LogP contribution in [0.25, 0.3) is 0 Å². The number of aryl methyl sites for hydroxylation is 1. The van der Waals surface area contributed by atoms with Crippen molar-refractivity contribution in [1.29, 1.82) is 5.26 Å². The second kappa shape index (κ2) is 5.60. The van der Waals surface area contributed by atoms with Crippen LogP contribution < -0.4 is 9.80 Å². The van der Waals surface area contributed by atoms with Crippen LogP contribution in [0.5, 0.6) is 0 Å². The van der Waals surface area contributed by atoms with Gasteiger partial charge in [0.15, 0.2) is 0 Å². The van der Waals surface area contributed by atoms with Crippen LogP contribution in [0.15, 0.2) is 18.6 Å². The third-order valence-corrected chi connectivity index (χ3v) is 5.28. The summed E-state index contributed by atoms with van der Waals surface area (Å²) in [4.78, 5) is 17.7. The van der Waals surface area contributed by atoms with E-state index in [4.69, 9.17) is 16.9 Å². The van der Waals surface area contributed by atoms with Crippen molar-refractivity contribution < 1.29 is 0 Å². The molecule has 0 aliphatic carbocycles. The number of rotatable bonds is 2. The molecule has 3 aliphatic heterocycles. The van der Waals surface area contributed by atoms with E-state index in [1.807, 2.05) is 6.92 Å². The van der Waals surface area contributed by atoms with E-state index in [0.29, 0.717) is 22.7 Å². The van der Waals surface area contributed by atoms with Crippen LogP contribution in [0.4, 0.5) is 11.6 Å². The zero-order valence-corrected chi connectivity index (χ0v) is 14.3. The number of halogens is 1. The Morgan fingerprint density at radius 2 is 1.92 bits per heavy atom. The van der Waals surface area contributed by atoms with E-state index < -0.39 is 0 Å². The number of nitriles is 1. The van der Waals surface area contributed by atoms with Gasteiger partial charge in [0, 0.05) is 30.5 Å². The standard InChI is InChI=1S/C17H17ClN6/c1-10-11(2)21-9-22-16(10)23-7-13-4-14(8-23)24(13)17-15(18)3-12(5-19)6-20-17/h3,6,9,13-14H,4,7-8H2,1-2H3. The Hall–Kier alpha value is -2.39. The monoisotopic (exact) mass is 340 g/mol. The molecule has 7 heteroatoms. The number of hydrogen-bond acceptors (Lipinski definition) is 6. The van der Waals surface area contributed by atoms with E-state index in [2.05, 4.69) is 37.7 Å². The first-order chi connectivity index (χ1) is 11.6. The molecule has 122 valence electrons. The Bertz CT molecular complexity index is 833. The van der Waals surface area contributed by atoms with Crippen molar-refractivity contribution in [1.82, 2.24) is 15.0 Å². The van der Waals surface area contributed by atoms with Crippen LogP contribution in [0.2, 0.25) is 5.02 Å². The highest BCUT2D eigenvalue weighted by atomic mass is 35.5. The number of hydrogen-bond donors (Lipinski definition) is 0. The summed E-state index contributed by atoms with van der Waals surface area (Å²) in [5.41, 5.74) is 2.65. The third-order valence-electron chi connectivity index (χ3n) is 5.00. The molecule has 0 spiro atoms. The largest absolute Gasteiger partial charge is 0.352 e. The highest BCUT2D eigenvalue weighted by Crippen LogP contribution is 2.40. The molecule has 2 bridgehead atoms. The first-order valence-corrected chi connectivity index (χ1v) is 8.33. The number of nitrogens with zero attached hydrogens (tertiary/aromatic N) is 6. The van der Waals surface area contributed by atoms with Gasteiger partial charge in [-0.15, -0.1) is 0 Å². The minimum absolute atomic E-state index is 0.372. The number of fused-ring (bicyclic) bond motifs is 2. The van der Waals surface area contributed by atoms with E-state index in [9.17, 15) is 0 Å². The molecule has 0 radical (unpaired) electrons. The lowest BCUT2D eigenvalue weighted by molar-refractivity contribution is 0.287. The molecular formula is C17H17ClN6. The van der Waals surface area contributed by atoms with Gasteiger partial charge in [0.05, 0.1) is 22.7 Å². The second-order valence-electron chi connectivity index (χ2n) is 6.40. The zero-order valence-electron chi connectivity index (χ0n) is 13.6. The Morgan fingerprint density at radius 3 is 2.58 bits per heavy atom. The third kappa shape index (κ3) is 2.28. The molecule has 2 atom stereocenters. The van der Waals surface area contributed by atoms with E-state index in [-0.39, 0.29) is 0 Å². The van der Waals surface area contributed by atoms with Crippen molar-refractivity contribution in [2.24, 2.45) is 0 Å². The predicted molar refractivity (Wildman–Crippen MR) is 92.4 cm³/mol. The molecule has 2 unspecified atom stereocenters. The molecular weight excluding hydrogens is 324 g/mol. The van der Waals surface area contributed by atoms with Gasteiger partial charge >= 0.3 is 0 Å². The van der Waals surface area contributed by atoms with Crippen molar-refractivity contribution in [3.63, 3.8) is 0 Å². The molecule has 5 rings (SSSR count). The fourth-order valence-electron chi connectivity index (χ4n) is 3.65. The van der Waals surface area contributed by atoms with Gasteiger partial charge in [0.25, 0.3) is 0 Å². The van der Waals surface area contributed by atoms with Crippen LogP contribution in [0.1, 0.15) is 23.2 Å². The first kappa shape index (κ1) is 15.2. The molecule has 5 heterocycles. The number of piperazine rings is 1. The van der Waals surface area contributed by atoms with Gasteiger partial charge in [-0.05, 0) is 26.3 Å². The summed E-state index contributed by atoms with van der Waals surface area (Å²) in [5, 5.41) is 9.50. The van der Waals surface area contributed by atoms with Crippen molar-refractivity contribution in [2.75, 3.05) is 22.9 Å². The highest BCUT2D eigenvalue weighted by Gasteiger charge is 2.46. The number of anilines is 2. The summed E-state index contributed by atoms with van der Waals surface area (Å²) in [6.45, 7) is 5.87. The fraction of sp³-hybridized carbons (Fsp3) is 0.412. The maximum Gasteiger partial charge on any atom is 0.148 e. The number of pyridine rings is 1. The van der Waals surface area contributed by atoms with Crippen LogP contribution in [-0.4, -0.2) is 40.1 Å². The van der Waals surface area contributed by atoms with Crippen LogP contribution in [0, 0.1) is 25.2 Å². The molecule has 3 fully saturated rings. The van der Waals surface area contributed by atoms with Gasteiger partial charge in [-0.1, -0.05) is 11.6 Å². The van der Waals surface area contributed by atoms with Gasteiger partial charge in [0.1, 0.15) is 24.0 Å². The first-order valence-electron chi connectivity index (χ1n) is 7.95. The van der Waals surface area contributed by atoms with Gasteiger partial charge in [-0.3, -0.25) is 0 Å². The summed E-state index contributed by atoms with van der Waals surface area (Å²) in [6.07, 6.45) is 4.36. The Labute approximate surface area is 145 Å². The van der Waals surface area contributed by atoms with Crippen LogP contribution >= 0.6 is 11.6 Å². The molecule has 0 aromatic carbocycles.